The van der Waals surface area contributed by atoms with Crippen molar-refractivity contribution in [2.45, 2.75) is 12.4 Å². The van der Waals surface area contributed by atoms with Crippen LogP contribution in [-0.2, 0) is 40.6 Å². The number of ketones is 2. The summed E-state index contributed by atoms with van der Waals surface area (Å²) in [6.45, 7) is 13.5. The molecular formula is C14H5F6MnO5. The number of hydrogen-bond acceptors (Lipinski definition) is 2. The van der Waals surface area contributed by atoms with Crippen LogP contribution in [0.3, 0.4) is 0 Å². The van der Waals surface area contributed by atoms with Gasteiger partial charge < -0.3 is 0 Å². The van der Waals surface area contributed by atoms with Crippen molar-refractivity contribution in [3.05, 3.63) is 63.2 Å². The average molecular weight is 422 g/mol. The molecule has 0 saturated heterocycles. The molecule has 140 valence electrons. The molecule has 0 unspecified atom stereocenters. The SMILES string of the molecule is O=C(C(=C[C]1[CH][CH][CH][CH]1)C(=O)C(F)(F)F)C(F)(F)F.[C-]#[O+].[C-]#[O+].[C-]#[O+].[Mn]. The second kappa shape index (κ2) is 15.6. The van der Waals surface area contributed by atoms with Crippen LogP contribution >= 0.6 is 0 Å². The van der Waals surface area contributed by atoms with Gasteiger partial charge in [-0.2, -0.15) is 26.3 Å². The van der Waals surface area contributed by atoms with Crippen LogP contribution in [-0.4, -0.2) is 23.9 Å². The van der Waals surface area contributed by atoms with Crippen LogP contribution in [0.2, 0.25) is 0 Å². The second-order valence-electron chi connectivity index (χ2n) is 3.43. The van der Waals surface area contributed by atoms with Crippen molar-refractivity contribution < 1.29 is 67.0 Å². The Bertz CT molecular complexity index is 482. The smallest absolute Gasteiger partial charge is 0 e. The molecule has 0 aliphatic heterocycles. The fraction of sp³-hybridized carbons (Fsp3) is 0.143. The fourth-order valence-corrected chi connectivity index (χ4v) is 1.19. The average Bonchev–Trinajstić information content (AvgIpc) is 3.08. The molecule has 1 aliphatic rings. The molecule has 0 aromatic heterocycles. The third-order valence-electron chi connectivity index (χ3n) is 2.00. The van der Waals surface area contributed by atoms with E-state index >= 15 is 0 Å². The Balaban J connectivity index is -0.000000312. The first kappa shape index (κ1) is 32.1. The summed E-state index contributed by atoms with van der Waals surface area (Å²) in [7, 11) is 0. The van der Waals surface area contributed by atoms with Gasteiger partial charge in [-0.3, -0.25) is 9.59 Å². The van der Waals surface area contributed by atoms with Gasteiger partial charge in [0.15, 0.2) is 0 Å². The Morgan fingerprint density at radius 2 is 1.04 bits per heavy atom. The molecule has 6 radical (unpaired) electrons. The van der Waals surface area contributed by atoms with Crippen molar-refractivity contribution in [3.8, 4) is 0 Å². The number of carbonyl (C=O) groups excluding carboxylic acids is 2. The third kappa shape index (κ3) is 11.9. The molecule has 0 spiro atoms. The van der Waals surface area contributed by atoms with Crippen LogP contribution in [0.5, 0.6) is 0 Å². The van der Waals surface area contributed by atoms with E-state index < -0.39 is 29.5 Å². The zero-order chi connectivity index (χ0) is 20.8. The van der Waals surface area contributed by atoms with Crippen molar-refractivity contribution in [3.63, 3.8) is 0 Å². The summed E-state index contributed by atoms with van der Waals surface area (Å²) in [6, 6.07) is 0. The van der Waals surface area contributed by atoms with Gasteiger partial charge in [-0.15, -0.1) is 0 Å². The van der Waals surface area contributed by atoms with Gasteiger partial charge in [-0.05, 0) is 25.7 Å². The van der Waals surface area contributed by atoms with E-state index in [1.807, 2.05) is 0 Å². The predicted octanol–water partition coefficient (Wildman–Crippen LogP) is 2.47. The molecule has 1 fully saturated rings. The van der Waals surface area contributed by atoms with E-state index in [4.69, 9.17) is 14.0 Å². The van der Waals surface area contributed by atoms with Crippen molar-refractivity contribution in [1.29, 1.82) is 0 Å². The molecule has 1 saturated carbocycles. The summed E-state index contributed by atoms with van der Waals surface area (Å²) in [6.07, 6.45) is -5.86. The number of allylic oxidation sites excluding steroid dienone is 2. The van der Waals surface area contributed by atoms with E-state index in [2.05, 4.69) is 20.0 Å². The van der Waals surface area contributed by atoms with Gasteiger partial charge in [0.2, 0.25) is 0 Å². The maximum Gasteiger partial charge on any atom is 0 e. The largest absolute Gasteiger partial charge is 0 e. The Kier molecular flexibility index (Phi) is 19.3. The van der Waals surface area contributed by atoms with Crippen LogP contribution in [0.15, 0.2) is 11.6 Å². The van der Waals surface area contributed by atoms with E-state index in [0.29, 0.717) is 0 Å². The van der Waals surface area contributed by atoms with Crippen LogP contribution in [0.1, 0.15) is 0 Å². The number of alkyl halides is 6. The molecule has 0 aromatic rings. The Morgan fingerprint density at radius 1 is 0.769 bits per heavy atom. The fourth-order valence-electron chi connectivity index (χ4n) is 1.19. The molecule has 1 rings (SSSR count). The molecule has 26 heavy (non-hydrogen) atoms. The molecular weight excluding hydrogens is 417 g/mol. The molecule has 1 aliphatic carbocycles. The van der Waals surface area contributed by atoms with Crippen LogP contribution in [0.25, 0.3) is 0 Å². The monoisotopic (exact) mass is 422 g/mol. The van der Waals surface area contributed by atoms with Crippen molar-refractivity contribution in [1.82, 2.24) is 0 Å². The molecule has 12 heteroatoms. The molecule has 0 atom stereocenters. The molecule has 0 heterocycles. The molecule has 0 bridgehead atoms. The van der Waals surface area contributed by atoms with Crippen LogP contribution in [0.4, 0.5) is 26.3 Å². The van der Waals surface area contributed by atoms with E-state index in [0.717, 1.165) is 12.8 Å². The summed E-state index contributed by atoms with van der Waals surface area (Å²) in [4.78, 5) is 21.7. The van der Waals surface area contributed by atoms with Gasteiger partial charge >= 0.3 is 46.3 Å². The van der Waals surface area contributed by atoms with Gasteiger partial charge in [-0.1, -0.05) is 6.08 Å². The first-order valence-electron chi connectivity index (χ1n) is 5.31. The van der Waals surface area contributed by atoms with Crippen molar-refractivity contribution in [2.24, 2.45) is 0 Å². The summed E-state index contributed by atoms with van der Waals surface area (Å²) >= 11 is 0. The number of carbonyl (C=O) groups is 2. The van der Waals surface area contributed by atoms with Crippen LogP contribution in [0, 0.1) is 51.6 Å². The third-order valence-corrected chi connectivity index (χ3v) is 2.00. The normalized spacial score (nSPS) is 12.9. The first-order valence-corrected chi connectivity index (χ1v) is 5.31. The molecule has 0 aromatic carbocycles. The van der Waals surface area contributed by atoms with Gasteiger partial charge in [0.25, 0.3) is 11.6 Å². The topological polar surface area (TPSA) is 93.8 Å². The quantitative estimate of drug-likeness (QED) is 0.133. The van der Waals surface area contributed by atoms with Crippen molar-refractivity contribution in [2.75, 3.05) is 0 Å². The zero-order valence-electron chi connectivity index (χ0n) is 12.1. The standard InChI is InChI=1S/C11H5F6O2.3CO.Mn/c12-10(13,14)8(18)7(9(19)11(15,16)17)5-6-3-1-2-4-6;3*1-2;/h1-5H;;;;. The number of rotatable bonds is 3. The van der Waals surface area contributed by atoms with Crippen molar-refractivity contribution >= 4 is 11.6 Å². The van der Waals surface area contributed by atoms with Gasteiger partial charge in [0.05, 0.1) is 5.57 Å². The van der Waals surface area contributed by atoms with E-state index in [1.54, 1.807) is 0 Å². The zero-order valence-corrected chi connectivity index (χ0v) is 13.3. The van der Waals surface area contributed by atoms with Crippen LogP contribution < -0.4 is 0 Å². The summed E-state index contributed by atoms with van der Waals surface area (Å²) < 4.78 is 95.5. The maximum atomic E-state index is 12.2. The second-order valence-corrected chi connectivity index (χ2v) is 3.43. The van der Waals surface area contributed by atoms with Gasteiger partial charge in [-0.25, -0.2) is 0 Å². The maximum absolute atomic E-state index is 12.2. The number of Topliss-reactive ketones (excluding diaryl/α,β-unsaturated/α-hetero) is 2. The first-order chi connectivity index (χ1) is 11.5. The number of halogens is 6. The Hall–Kier alpha value is -1.60. The van der Waals surface area contributed by atoms with E-state index in [1.165, 1.54) is 12.8 Å². The Morgan fingerprint density at radius 3 is 1.27 bits per heavy atom. The minimum Gasteiger partial charge on any atom is 0 e. The molecule has 0 amide bonds. The predicted molar refractivity (Wildman–Crippen MR) is 62.4 cm³/mol. The molecule has 5 nitrogen and oxygen atoms in total. The number of hydrogen-bond donors (Lipinski definition) is 0. The van der Waals surface area contributed by atoms with E-state index in [-0.39, 0.29) is 29.1 Å². The summed E-state index contributed by atoms with van der Waals surface area (Å²) in [5.74, 6) is -5.75. The summed E-state index contributed by atoms with van der Waals surface area (Å²) in [5, 5.41) is 0. The van der Waals surface area contributed by atoms with E-state index in [9.17, 15) is 35.9 Å². The minimum absolute atomic E-state index is 0. The van der Waals surface area contributed by atoms with Gasteiger partial charge in [0.1, 0.15) is 0 Å². The molecule has 0 N–H and O–H groups in total. The Labute approximate surface area is 154 Å². The van der Waals surface area contributed by atoms with Gasteiger partial charge in [0, 0.05) is 23.0 Å². The minimum atomic E-state index is -5.56. The summed E-state index contributed by atoms with van der Waals surface area (Å²) in [5.41, 5.74) is -1.95.